The second kappa shape index (κ2) is 5.81. The number of hydrogen-bond donors (Lipinski definition) is 0. The van der Waals surface area contributed by atoms with Crippen LogP contribution in [0.25, 0.3) is 0 Å². The van der Waals surface area contributed by atoms with Crippen LogP contribution in [0.5, 0.6) is 11.5 Å². The molecule has 0 bridgehead atoms. The molecule has 126 valence electrons. The average molecular weight is 330 g/mol. The van der Waals surface area contributed by atoms with Crippen LogP contribution in [0.2, 0.25) is 0 Å². The minimum Gasteiger partial charge on any atom is -0.454 e. The Balaban J connectivity index is 1.28. The number of imide groups is 1. The van der Waals surface area contributed by atoms with Crippen molar-refractivity contribution in [2.45, 2.75) is 19.3 Å². The van der Waals surface area contributed by atoms with Crippen molar-refractivity contribution in [2.24, 2.45) is 5.92 Å². The zero-order valence-electron chi connectivity index (χ0n) is 13.2. The number of nitrogens with zero attached hydrogens (tertiary/aromatic N) is 2. The Bertz CT molecular complexity index is 695. The van der Waals surface area contributed by atoms with Gasteiger partial charge in [0.2, 0.25) is 24.5 Å². The van der Waals surface area contributed by atoms with Gasteiger partial charge in [0.05, 0.1) is 6.42 Å². The lowest BCUT2D eigenvalue weighted by Crippen LogP contribution is -2.54. The summed E-state index contributed by atoms with van der Waals surface area (Å²) in [5, 5.41) is 0. The zero-order valence-corrected chi connectivity index (χ0v) is 13.2. The number of carbonyl (C=O) groups is 3. The predicted octanol–water partition coefficient (Wildman–Crippen LogP) is 0.565. The molecule has 0 atom stereocenters. The maximum Gasteiger partial charge on any atom is 0.231 e. The maximum absolute atomic E-state index is 12.3. The van der Waals surface area contributed by atoms with Gasteiger partial charge < -0.3 is 14.4 Å². The van der Waals surface area contributed by atoms with Crippen LogP contribution >= 0.6 is 0 Å². The summed E-state index contributed by atoms with van der Waals surface area (Å²) in [6, 6.07) is 5.51. The first-order chi connectivity index (χ1) is 11.6. The highest BCUT2D eigenvalue weighted by molar-refractivity contribution is 6.01. The fourth-order valence-corrected chi connectivity index (χ4v) is 3.31. The summed E-state index contributed by atoms with van der Waals surface area (Å²) in [5.41, 5.74) is 0.887. The molecule has 1 aromatic rings. The molecule has 2 saturated heterocycles. The number of hydrogen-bond acceptors (Lipinski definition) is 5. The molecule has 0 saturated carbocycles. The molecule has 4 rings (SSSR count). The van der Waals surface area contributed by atoms with E-state index in [4.69, 9.17) is 9.47 Å². The molecule has 0 unspecified atom stereocenters. The third-order valence-corrected chi connectivity index (χ3v) is 4.70. The standard InChI is InChI=1S/C17H18N2O5/c20-15-3-4-16(21)19(15)9-12-7-18(8-12)17(22)6-11-1-2-13-14(5-11)24-10-23-13/h1-2,5,12H,3-4,6-10H2. The van der Waals surface area contributed by atoms with Gasteiger partial charge in [-0.15, -0.1) is 0 Å². The molecule has 0 radical (unpaired) electrons. The Kier molecular flexibility index (Phi) is 3.63. The van der Waals surface area contributed by atoms with Crippen LogP contribution < -0.4 is 9.47 Å². The summed E-state index contributed by atoms with van der Waals surface area (Å²) >= 11 is 0. The average Bonchev–Trinajstić information content (AvgIpc) is 3.10. The van der Waals surface area contributed by atoms with Crippen LogP contribution in [0.1, 0.15) is 18.4 Å². The zero-order chi connectivity index (χ0) is 16.7. The topological polar surface area (TPSA) is 76.2 Å². The highest BCUT2D eigenvalue weighted by Crippen LogP contribution is 2.33. The summed E-state index contributed by atoms with van der Waals surface area (Å²) in [6.07, 6.45) is 0.946. The number of benzene rings is 1. The molecule has 3 heterocycles. The molecule has 2 fully saturated rings. The van der Waals surface area contributed by atoms with Gasteiger partial charge in [0.15, 0.2) is 11.5 Å². The number of ether oxygens (including phenoxy) is 2. The van der Waals surface area contributed by atoms with Crippen LogP contribution in [0.3, 0.4) is 0 Å². The molecule has 0 aromatic heterocycles. The molecule has 7 heteroatoms. The number of rotatable bonds is 4. The van der Waals surface area contributed by atoms with Gasteiger partial charge in [-0.25, -0.2) is 0 Å². The van der Waals surface area contributed by atoms with Crippen LogP contribution in [0.15, 0.2) is 18.2 Å². The van der Waals surface area contributed by atoms with Gasteiger partial charge in [-0.05, 0) is 17.7 Å². The number of amides is 3. The second-order valence-corrected chi connectivity index (χ2v) is 6.43. The van der Waals surface area contributed by atoms with Gasteiger partial charge in [-0.3, -0.25) is 19.3 Å². The summed E-state index contributed by atoms with van der Waals surface area (Å²) in [7, 11) is 0. The van der Waals surface area contributed by atoms with Crippen LogP contribution in [-0.4, -0.2) is 53.9 Å². The van der Waals surface area contributed by atoms with Crippen molar-refractivity contribution < 1.29 is 23.9 Å². The first-order valence-corrected chi connectivity index (χ1v) is 8.09. The molecular formula is C17H18N2O5. The van der Waals surface area contributed by atoms with Crippen LogP contribution in [0, 0.1) is 5.92 Å². The lowest BCUT2D eigenvalue weighted by atomic mass is 9.98. The van der Waals surface area contributed by atoms with Gasteiger partial charge in [0.25, 0.3) is 0 Å². The first-order valence-electron chi connectivity index (χ1n) is 8.09. The minimum atomic E-state index is -0.0925. The van der Waals surface area contributed by atoms with E-state index < -0.39 is 0 Å². The van der Waals surface area contributed by atoms with Crippen molar-refractivity contribution >= 4 is 17.7 Å². The summed E-state index contributed by atoms with van der Waals surface area (Å²) in [5.74, 6) is 1.43. The molecule has 0 N–H and O–H groups in total. The van der Waals surface area contributed by atoms with E-state index in [1.807, 2.05) is 18.2 Å². The number of likely N-dealkylation sites (tertiary alicyclic amines) is 2. The normalized spacial score (nSPS) is 19.8. The van der Waals surface area contributed by atoms with Crippen molar-refractivity contribution in [1.82, 2.24) is 9.80 Å². The van der Waals surface area contributed by atoms with Crippen molar-refractivity contribution in [1.29, 1.82) is 0 Å². The largest absolute Gasteiger partial charge is 0.454 e. The number of carbonyl (C=O) groups excluding carboxylic acids is 3. The first kappa shape index (κ1) is 15.0. The van der Waals surface area contributed by atoms with Gasteiger partial charge in [0.1, 0.15) is 0 Å². The van der Waals surface area contributed by atoms with E-state index in [-0.39, 0.29) is 30.4 Å². The van der Waals surface area contributed by atoms with Crippen LogP contribution in [0.4, 0.5) is 0 Å². The Morgan fingerprint density at radius 3 is 2.54 bits per heavy atom. The molecule has 3 aliphatic heterocycles. The Morgan fingerprint density at radius 1 is 1.08 bits per heavy atom. The van der Waals surface area contributed by atoms with E-state index >= 15 is 0 Å². The Hall–Kier alpha value is -2.57. The Labute approximate surface area is 139 Å². The van der Waals surface area contributed by atoms with Gasteiger partial charge in [0, 0.05) is 38.4 Å². The Morgan fingerprint density at radius 2 is 1.79 bits per heavy atom. The third-order valence-electron chi connectivity index (χ3n) is 4.70. The molecule has 7 nitrogen and oxygen atoms in total. The molecule has 0 aliphatic carbocycles. The van der Waals surface area contributed by atoms with E-state index in [1.54, 1.807) is 4.90 Å². The predicted molar refractivity (Wildman–Crippen MR) is 82.3 cm³/mol. The van der Waals surface area contributed by atoms with Gasteiger partial charge in [-0.1, -0.05) is 6.07 Å². The van der Waals surface area contributed by atoms with Crippen LogP contribution in [-0.2, 0) is 20.8 Å². The smallest absolute Gasteiger partial charge is 0.231 e. The lowest BCUT2D eigenvalue weighted by Gasteiger charge is -2.40. The summed E-state index contributed by atoms with van der Waals surface area (Å²) < 4.78 is 10.6. The third kappa shape index (κ3) is 2.70. The highest BCUT2D eigenvalue weighted by Gasteiger charge is 2.36. The number of fused-ring (bicyclic) bond motifs is 1. The molecule has 3 amide bonds. The molecule has 3 aliphatic rings. The van der Waals surface area contributed by atoms with E-state index in [2.05, 4.69) is 0 Å². The quantitative estimate of drug-likeness (QED) is 0.754. The summed E-state index contributed by atoms with van der Waals surface area (Å²) in [6.45, 7) is 1.85. The summed E-state index contributed by atoms with van der Waals surface area (Å²) in [4.78, 5) is 38.6. The fourth-order valence-electron chi connectivity index (χ4n) is 3.31. The van der Waals surface area contributed by atoms with Crippen molar-refractivity contribution in [3.05, 3.63) is 23.8 Å². The van der Waals surface area contributed by atoms with Crippen molar-refractivity contribution in [3.8, 4) is 11.5 Å². The molecule has 24 heavy (non-hydrogen) atoms. The second-order valence-electron chi connectivity index (χ2n) is 6.43. The lowest BCUT2D eigenvalue weighted by molar-refractivity contribution is -0.142. The van der Waals surface area contributed by atoms with E-state index in [9.17, 15) is 14.4 Å². The van der Waals surface area contributed by atoms with E-state index in [1.165, 1.54) is 4.90 Å². The fraction of sp³-hybridized carbons (Fsp3) is 0.471. The van der Waals surface area contributed by atoms with Crippen molar-refractivity contribution in [2.75, 3.05) is 26.4 Å². The van der Waals surface area contributed by atoms with Crippen molar-refractivity contribution in [3.63, 3.8) is 0 Å². The van der Waals surface area contributed by atoms with Gasteiger partial charge >= 0.3 is 0 Å². The molecular weight excluding hydrogens is 312 g/mol. The SMILES string of the molecule is O=C(Cc1ccc2c(c1)OCO2)N1CC(CN2C(=O)CCC2=O)C1. The maximum atomic E-state index is 12.3. The van der Waals surface area contributed by atoms with Gasteiger partial charge in [-0.2, -0.15) is 0 Å². The minimum absolute atomic E-state index is 0.0455. The van der Waals surface area contributed by atoms with E-state index in [0.29, 0.717) is 50.4 Å². The van der Waals surface area contributed by atoms with E-state index in [0.717, 1.165) is 5.56 Å². The molecule has 1 aromatic carbocycles. The monoisotopic (exact) mass is 330 g/mol. The highest BCUT2D eigenvalue weighted by atomic mass is 16.7. The molecule has 0 spiro atoms.